The van der Waals surface area contributed by atoms with Crippen LogP contribution in [0.25, 0.3) is 0 Å². The molecule has 4 N–H and O–H groups in total. The van der Waals surface area contributed by atoms with Gasteiger partial charge in [-0.15, -0.1) is 0 Å². The Labute approximate surface area is 156 Å². The second-order valence-corrected chi connectivity index (χ2v) is 8.40. The van der Waals surface area contributed by atoms with Crippen LogP contribution in [0.5, 0.6) is 0 Å². The van der Waals surface area contributed by atoms with E-state index in [2.05, 4.69) is 6.92 Å². The summed E-state index contributed by atoms with van der Waals surface area (Å²) < 4.78 is 1.51. The molecule has 4 nitrogen and oxygen atoms in total. The zero-order chi connectivity index (χ0) is 17.1. The third-order valence-electron chi connectivity index (χ3n) is 3.71. The van der Waals surface area contributed by atoms with Gasteiger partial charge in [-0.3, -0.25) is 0 Å². The van der Waals surface area contributed by atoms with Crippen LogP contribution in [0.3, 0.4) is 0 Å². The van der Waals surface area contributed by atoms with Gasteiger partial charge in [-0.1, -0.05) is 26.2 Å². The van der Waals surface area contributed by atoms with Gasteiger partial charge in [0.2, 0.25) is 0 Å². The van der Waals surface area contributed by atoms with Crippen LogP contribution in [0.4, 0.5) is 0 Å². The Morgan fingerprint density at radius 2 is 0.773 bits per heavy atom. The van der Waals surface area contributed by atoms with Crippen LogP contribution in [0.2, 0.25) is 3.67 Å². The van der Waals surface area contributed by atoms with Crippen molar-refractivity contribution in [2.75, 3.05) is 0 Å². The minimum Gasteiger partial charge on any atom is -0.368 e. The Kier molecular flexibility index (Phi) is 23.1. The van der Waals surface area contributed by atoms with Crippen LogP contribution >= 0.6 is 0 Å². The van der Waals surface area contributed by atoms with Gasteiger partial charge in [0, 0.05) is 0 Å². The molecule has 0 aromatic heterocycles. The Morgan fingerprint density at radius 1 is 0.545 bits per heavy atom. The van der Waals surface area contributed by atoms with Gasteiger partial charge < -0.3 is 19.2 Å². The summed E-state index contributed by atoms with van der Waals surface area (Å²) >= 11 is 1.41. The van der Waals surface area contributed by atoms with Crippen molar-refractivity contribution in [3.05, 3.63) is 0 Å². The standard InChI is InChI=1S/C16H33.Na.H4O4Si/c1-3-5-7-9-11-13-15-16-14-12-10-8-6-4-2;;1-5(2,3)4/h1,3-16H2,2H3;;1-4H. The molecule has 0 radical (unpaired) electrons. The zero-order valence-electron chi connectivity index (χ0n) is 14.9. The number of rotatable bonds is 14. The van der Waals surface area contributed by atoms with E-state index in [1.165, 1.54) is 121 Å². The van der Waals surface area contributed by atoms with Crippen molar-refractivity contribution in [1.29, 1.82) is 0 Å². The summed E-state index contributed by atoms with van der Waals surface area (Å²) in [6.45, 7) is 2.29. The first-order chi connectivity index (χ1) is 10.4. The van der Waals surface area contributed by atoms with Crippen LogP contribution in [-0.4, -0.2) is 56.2 Å². The molecule has 0 fully saturated rings. The molecule has 0 saturated carbocycles. The van der Waals surface area contributed by atoms with E-state index < -0.39 is 9.05 Å². The average Bonchev–Trinajstić information content (AvgIpc) is 2.42. The van der Waals surface area contributed by atoms with Crippen molar-refractivity contribution in [2.45, 2.75) is 100 Å². The maximum atomic E-state index is 7.33. The van der Waals surface area contributed by atoms with Crippen LogP contribution < -0.4 is 0 Å². The van der Waals surface area contributed by atoms with Gasteiger partial charge in [0.25, 0.3) is 0 Å². The molecular formula is C16H37NaO4Si. The van der Waals surface area contributed by atoms with Crippen LogP contribution in [0.15, 0.2) is 0 Å². The molecule has 22 heavy (non-hydrogen) atoms. The van der Waals surface area contributed by atoms with E-state index in [9.17, 15) is 0 Å². The number of unbranched alkanes of at least 4 members (excludes halogenated alkanes) is 13. The van der Waals surface area contributed by atoms with E-state index in [0.717, 1.165) is 0 Å². The van der Waals surface area contributed by atoms with E-state index in [1.807, 2.05) is 0 Å². The van der Waals surface area contributed by atoms with E-state index in [0.29, 0.717) is 0 Å². The average molecular weight is 345 g/mol. The van der Waals surface area contributed by atoms with Gasteiger partial charge in [-0.2, -0.15) is 0 Å². The normalized spacial score (nSPS) is 11.2. The SMILES string of the molecule is CCCCCCCCCCCCCCC[CH2][Na].O[Si](O)(O)O. The predicted octanol–water partition coefficient (Wildman–Crippen LogP) is 3.45. The van der Waals surface area contributed by atoms with Gasteiger partial charge in [0.15, 0.2) is 0 Å². The summed E-state index contributed by atoms with van der Waals surface area (Å²) in [6.07, 6.45) is 20.7. The summed E-state index contributed by atoms with van der Waals surface area (Å²) in [5.74, 6) is 0. The molecule has 0 spiro atoms. The van der Waals surface area contributed by atoms with Gasteiger partial charge in [-0.05, 0) is 0 Å². The first-order valence-electron chi connectivity index (χ1n) is 9.31. The molecule has 0 heterocycles. The molecule has 0 aliphatic carbocycles. The molecule has 0 rings (SSSR count). The van der Waals surface area contributed by atoms with E-state index >= 15 is 0 Å². The monoisotopic (exact) mass is 344 g/mol. The number of hydrogen-bond donors (Lipinski definition) is 4. The molecule has 0 amide bonds. The Balaban J connectivity index is 0. The maximum absolute atomic E-state index is 7.33. The summed E-state index contributed by atoms with van der Waals surface area (Å²) in [5.41, 5.74) is 0. The summed E-state index contributed by atoms with van der Waals surface area (Å²) in [4.78, 5) is 29.3. The first kappa shape index (κ1) is 25.3. The van der Waals surface area contributed by atoms with Crippen LogP contribution in [0, 0.1) is 0 Å². The molecule has 0 bridgehead atoms. The van der Waals surface area contributed by atoms with Crippen molar-refractivity contribution in [1.82, 2.24) is 0 Å². The molecule has 0 aromatic carbocycles. The van der Waals surface area contributed by atoms with E-state index in [4.69, 9.17) is 19.2 Å². The molecule has 6 heteroatoms. The molecule has 0 saturated heterocycles. The largest absolute Gasteiger partial charge is 0.668 e. The maximum Gasteiger partial charge on any atom is 0.668 e. The summed E-state index contributed by atoms with van der Waals surface area (Å²) in [6, 6.07) is 0. The molecular weight excluding hydrogens is 307 g/mol. The molecule has 0 aromatic rings. The van der Waals surface area contributed by atoms with Gasteiger partial charge in [-0.25, -0.2) is 0 Å². The Morgan fingerprint density at radius 3 is 1.00 bits per heavy atom. The third-order valence-corrected chi connectivity index (χ3v) is 4.41. The fraction of sp³-hybridized carbons (Fsp3) is 1.00. The second-order valence-electron chi connectivity index (χ2n) is 6.20. The molecule has 0 aliphatic heterocycles. The van der Waals surface area contributed by atoms with Crippen molar-refractivity contribution < 1.29 is 19.2 Å². The quantitative estimate of drug-likeness (QED) is 0.287. The van der Waals surface area contributed by atoms with E-state index in [-0.39, 0.29) is 0 Å². The van der Waals surface area contributed by atoms with Crippen molar-refractivity contribution in [2.24, 2.45) is 0 Å². The second kappa shape index (κ2) is 20.1. The first-order valence-corrected chi connectivity index (χ1v) is 12.5. The molecule has 0 atom stereocenters. The van der Waals surface area contributed by atoms with Crippen LogP contribution in [-0.2, 0) is 0 Å². The van der Waals surface area contributed by atoms with Gasteiger partial charge in [0.1, 0.15) is 0 Å². The minimum atomic E-state index is -4.61. The zero-order valence-corrected chi connectivity index (χ0v) is 17.9. The fourth-order valence-electron chi connectivity index (χ4n) is 2.44. The van der Waals surface area contributed by atoms with Gasteiger partial charge in [0.05, 0.1) is 0 Å². The summed E-state index contributed by atoms with van der Waals surface area (Å²) in [5, 5.41) is 0. The Bertz CT molecular complexity index is 181. The Hall–Kier alpha value is 1.06. The van der Waals surface area contributed by atoms with Crippen LogP contribution in [0.1, 0.15) is 96.8 Å². The van der Waals surface area contributed by atoms with Crippen molar-refractivity contribution >= 4 is 37.0 Å². The van der Waals surface area contributed by atoms with Crippen molar-refractivity contribution in [3.8, 4) is 0 Å². The molecule has 130 valence electrons. The van der Waals surface area contributed by atoms with Gasteiger partial charge >= 0.3 is 111 Å². The third kappa shape index (κ3) is 37.4. The van der Waals surface area contributed by atoms with E-state index in [1.54, 1.807) is 0 Å². The number of hydrogen-bond acceptors (Lipinski definition) is 4. The topological polar surface area (TPSA) is 80.9 Å². The fourth-order valence-corrected chi connectivity index (χ4v) is 2.94. The minimum absolute atomic E-state index is 1.38. The smallest absolute Gasteiger partial charge is 0.368 e. The van der Waals surface area contributed by atoms with Crippen molar-refractivity contribution in [3.63, 3.8) is 0 Å². The predicted molar refractivity (Wildman–Crippen MR) is 95.5 cm³/mol. The molecule has 0 aliphatic rings. The summed E-state index contributed by atoms with van der Waals surface area (Å²) in [7, 11) is -4.61. The molecule has 0 unspecified atom stereocenters.